The molecule has 0 bridgehead atoms. The highest BCUT2D eigenvalue weighted by atomic mass is 16.2. The van der Waals surface area contributed by atoms with Gasteiger partial charge in [-0.2, -0.15) is 0 Å². The molecule has 112 valence electrons. The molecule has 0 aliphatic carbocycles. The summed E-state index contributed by atoms with van der Waals surface area (Å²) in [4.78, 5) is 14.3. The Balaban J connectivity index is 2.47. The van der Waals surface area contributed by atoms with Crippen LogP contribution in [0.4, 0.5) is 5.69 Å². The molecule has 1 rings (SSSR count). The highest BCUT2D eigenvalue weighted by molar-refractivity contribution is 5.94. The quantitative estimate of drug-likeness (QED) is 0.718. The van der Waals surface area contributed by atoms with Gasteiger partial charge in [0.15, 0.2) is 0 Å². The highest BCUT2D eigenvalue weighted by Gasteiger charge is 2.17. The molecule has 0 spiro atoms. The number of anilines is 1. The van der Waals surface area contributed by atoms with Crippen molar-refractivity contribution in [2.24, 2.45) is 5.73 Å². The normalized spacial score (nSPS) is 12.4. The molecule has 1 aromatic carbocycles. The average Bonchev–Trinajstić information content (AvgIpc) is 2.47. The summed E-state index contributed by atoms with van der Waals surface area (Å²) in [7, 11) is 2.00. The van der Waals surface area contributed by atoms with Gasteiger partial charge >= 0.3 is 0 Å². The lowest BCUT2D eigenvalue weighted by atomic mass is 10.2. The first-order valence-electron chi connectivity index (χ1n) is 7.38. The lowest BCUT2D eigenvalue weighted by molar-refractivity contribution is -0.120. The van der Waals surface area contributed by atoms with Crippen molar-refractivity contribution in [1.82, 2.24) is 4.90 Å². The van der Waals surface area contributed by atoms with Gasteiger partial charge in [0.1, 0.15) is 0 Å². The van der Waals surface area contributed by atoms with Gasteiger partial charge in [0.05, 0.1) is 6.04 Å². The van der Waals surface area contributed by atoms with Gasteiger partial charge in [-0.15, -0.1) is 0 Å². The van der Waals surface area contributed by atoms with E-state index >= 15 is 0 Å². The van der Waals surface area contributed by atoms with E-state index in [1.54, 1.807) is 0 Å². The maximum Gasteiger partial charge on any atom is 0.241 e. The van der Waals surface area contributed by atoms with Crippen LogP contribution in [0.1, 0.15) is 38.7 Å². The van der Waals surface area contributed by atoms with Gasteiger partial charge in [-0.05, 0) is 44.6 Å². The lowest BCUT2D eigenvalue weighted by Gasteiger charge is -2.23. The Bertz CT molecular complexity index is 403. The number of nitrogens with two attached hydrogens (primary N) is 1. The lowest BCUT2D eigenvalue weighted by Crippen LogP contribution is -2.40. The summed E-state index contributed by atoms with van der Waals surface area (Å²) in [6.45, 7) is 5.59. The van der Waals surface area contributed by atoms with Crippen LogP contribution in [0.25, 0.3) is 0 Å². The topological polar surface area (TPSA) is 58.4 Å². The number of nitrogens with zero attached hydrogens (tertiary/aromatic N) is 1. The average molecular weight is 277 g/mol. The van der Waals surface area contributed by atoms with E-state index in [0.717, 1.165) is 24.2 Å². The number of rotatable bonds is 8. The van der Waals surface area contributed by atoms with Crippen LogP contribution in [-0.4, -0.2) is 30.4 Å². The van der Waals surface area contributed by atoms with Crippen LogP contribution in [0.15, 0.2) is 24.3 Å². The van der Waals surface area contributed by atoms with Crippen molar-refractivity contribution in [1.29, 1.82) is 0 Å². The van der Waals surface area contributed by atoms with Crippen LogP contribution >= 0.6 is 0 Å². The van der Waals surface area contributed by atoms with Crippen molar-refractivity contribution >= 4 is 11.6 Å². The minimum Gasteiger partial charge on any atom is -0.326 e. The molecule has 20 heavy (non-hydrogen) atoms. The fraction of sp³-hybridized carbons (Fsp3) is 0.562. The second kappa shape index (κ2) is 8.72. The SMILES string of the molecule is CCCCCN(C)C(C)C(=O)Nc1ccc(CN)cc1. The van der Waals surface area contributed by atoms with Crippen LogP contribution in [0.5, 0.6) is 0 Å². The Morgan fingerprint density at radius 3 is 2.50 bits per heavy atom. The van der Waals surface area contributed by atoms with E-state index in [1.165, 1.54) is 12.8 Å². The minimum absolute atomic E-state index is 0.0319. The molecule has 0 heterocycles. The van der Waals surface area contributed by atoms with Crippen LogP contribution < -0.4 is 11.1 Å². The van der Waals surface area contributed by atoms with E-state index in [4.69, 9.17) is 5.73 Å². The number of benzene rings is 1. The van der Waals surface area contributed by atoms with Crippen molar-refractivity contribution in [2.75, 3.05) is 18.9 Å². The number of carbonyl (C=O) groups is 1. The Morgan fingerprint density at radius 2 is 1.95 bits per heavy atom. The molecule has 0 aliphatic rings. The number of likely N-dealkylation sites (N-methyl/N-ethyl adjacent to an activating group) is 1. The number of unbranched alkanes of at least 4 members (excludes halogenated alkanes) is 2. The molecule has 0 radical (unpaired) electrons. The second-order valence-electron chi connectivity index (χ2n) is 5.25. The maximum atomic E-state index is 12.2. The molecule has 3 N–H and O–H groups in total. The maximum absolute atomic E-state index is 12.2. The Labute approximate surface area is 122 Å². The molecule has 1 atom stereocenters. The van der Waals surface area contributed by atoms with Gasteiger partial charge in [-0.25, -0.2) is 0 Å². The monoisotopic (exact) mass is 277 g/mol. The summed E-state index contributed by atoms with van der Waals surface area (Å²) in [5.74, 6) is 0.0319. The fourth-order valence-electron chi connectivity index (χ4n) is 1.98. The smallest absolute Gasteiger partial charge is 0.241 e. The fourth-order valence-corrected chi connectivity index (χ4v) is 1.98. The van der Waals surface area contributed by atoms with Crippen LogP contribution in [0.3, 0.4) is 0 Å². The molecular weight excluding hydrogens is 250 g/mol. The van der Waals surface area contributed by atoms with Gasteiger partial charge in [0, 0.05) is 12.2 Å². The number of hydrogen-bond acceptors (Lipinski definition) is 3. The molecule has 0 fully saturated rings. The minimum atomic E-state index is -0.124. The summed E-state index contributed by atoms with van der Waals surface area (Å²) in [6, 6.07) is 7.53. The summed E-state index contributed by atoms with van der Waals surface area (Å²) < 4.78 is 0. The van der Waals surface area contributed by atoms with E-state index in [-0.39, 0.29) is 11.9 Å². The Hall–Kier alpha value is -1.39. The van der Waals surface area contributed by atoms with Crippen molar-refractivity contribution in [2.45, 2.75) is 45.7 Å². The van der Waals surface area contributed by atoms with Gasteiger partial charge < -0.3 is 11.1 Å². The van der Waals surface area contributed by atoms with E-state index in [9.17, 15) is 4.79 Å². The van der Waals surface area contributed by atoms with Crippen molar-refractivity contribution < 1.29 is 4.79 Å². The van der Waals surface area contributed by atoms with E-state index < -0.39 is 0 Å². The van der Waals surface area contributed by atoms with E-state index in [2.05, 4.69) is 17.1 Å². The second-order valence-corrected chi connectivity index (χ2v) is 5.25. The molecule has 0 aromatic heterocycles. The number of amides is 1. The van der Waals surface area contributed by atoms with Gasteiger partial charge in [0.2, 0.25) is 5.91 Å². The molecule has 1 aromatic rings. The Morgan fingerprint density at radius 1 is 1.30 bits per heavy atom. The van der Waals surface area contributed by atoms with Crippen molar-refractivity contribution in [3.8, 4) is 0 Å². The third-order valence-electron chi connectivity index (χ3n) is 3.61. The summed E-state index contributed by atoms with van der Waals surface area (Å²) >= 11 is 0. The molecule has 1 unspecified atom stereocenters. The zero-order chi connectivity index (χ0) is 15.0. The highest BCUT2D eigenvalue weighted by Crippen LogP contribution is 2.11. The number of nitrogens with one attached hydrogen (secondary N) is 1. The third-order valence-corrected chi connectivity index (χ3v) is 3.61. The zero-order valence-electron chi connectivity index (χ0n) is 12.9. The molecule has 0 aliphatic heterocycles. The largest absolute Gasteiger partial charge is 0.326 e. The first-order chi connectivity index (χ1) is 9.58. The van der Waals surface area contributed by atoms with Gasteiger partial charge in [0.25, 0.3) is 0 Å². The van der Waals surface area contributed by atoms with Gasteiger partial charge in [-0.3, -0.25) is 9.69 Å². The first-order valence-corrected chi connectivity index (χ1v) is 7.38. The number of carbonyl (C=O) groups excluding carboxylic acids is 1. The van der Waals surface area contributed by atoms with E-state index in [1.807, 2.05) is 38.2 Å². The van der Waals surface area contributed by atoms with Crippen LogP contribution in [-0.2, 0) is 11.3 Å². The molecule has 4 heteroatoms. The zero-order valence-corrected chi connectivity index (χ0v) is 12.9. The molecule has 1 amide bonds. The molecule has 0 saturated heterocycles. The first kappa shape index (κ1) is 16.7. The standard InChI is InChI=1S/C16H27N3O/c1-4-5-6-11-19(3)13(2)16(20)18-15-9-7-14(12-17)8-10-15/h7-10,13H,4-6,11-12,17H2,1-3H3,(H,18,20). The third kappa shape index (κ3) is 5.31. The predicted octanol–water partition coefficient (Wildman–Crippen LogP) is 2.59. The molecule has 0 saturated carbocycles. The van der Waals surface area contributed by atoms with Crippen molar-refractivity contribution in [3.63, 3.8) is 0 Å². The summed E-state index contributed by atoms with van der Waals surface area (Å²) in [5, 5.41) is 2.94. The van der Waals surface area contributed by atoms with Crippen LogP contribution in [0.2, 0.25) is 0 Å². The number of hydrogen-bond donors (Lipinski definition) is 2. The predicted molar refractivity (Wildman–Crippen MR) is 84.6 cm³/mol. The molecule has 4 nitrogen and oxygen atoms in total. The molecular formula is C16H27N3O. The van der Waals surface area contributed by atoms with Crippen LogP contribution in [0, 0.1) is 0 Å². The van der Waals surface area contributed by atoms with Crippen molar-refractivity contribution in [3.05, 3.63) is 29.8 Å². The van der Waals surface area contributed by atoms with E-state index in [0.29, 0.717) is 6.54 Å². The van der Waals surface area contributed by atoms with Gasteiger partial charge in [-0.1, -0.05) is 31.9 Å². The summed E-state index contributed by atoms with van der Waals surface area (Å²) in [6.07, 6.45) is 3.54. The summed E-state index contributed by atoms with van der Waals surface area (Å²) in [5.41, 5.74) is 7.44. The Kier molecular flexibility index (Phi) is 7.26.